The quantitative estimate of drug-likeness (QED) is 0.621. The predicted octanol–water partition coefficient (Wildman–Crippen LogP) is 2.96. The largest absolute Gasteiger partial charge is 0.361 e. The van der Waals surface area contributed by atoms with Crippen molar-refractivity contribution in [2.24, 2.45) is 5.73 Å². The number of aromatic amines is 1. The molecule has 0 saturated heterocycles. The number of carbonyl (C=O) groups is 1. The molecule has 1 atom stereocenters. The zero-order valence-electron chi connectivity index (χ0n) is 14.6. The van der Waals surface area contributed by atoms with Gasteiger partial charge < -0.3 is 16.0 Å². The molecule has 0 unspecified atom stereocenters. The van der Waals surface area contributed by atoms with E-state index in [2.05, 4.69) is 35.4 Å². The summed E-state index contributed by atoms with van der Waals surface area (Å²) in [6, 6.07) is 15.7. The molecular weight excluding hydrogens is 310 g/mol. The number of H-pyrrole nitrogens is 1. The molecule has 0 bridgehead atoms. The minimum atomic E-state index is -0.517. The zero-order chi connectivity index (χ0) is 17.6. The monoisotopic (exact) mass is 335 g/mol. The fourth-order valence-corrected chi connectivity index (χ4v) is 3.19. The van der Waals surface area contributed by atoms with Gasteiger partial charge in [0.15, 0.2) is 0 Å². The lowest BCUT2D eigenvalue weighted by atomic mass is 10.0. The smallest absolute Gasteiger partial charge is 0.237 e. The zero-order valence-corrected chi connectivity index (χ0v) is 14.6. The van der Waals surface area contributed by atoms with E-state index in [1.165, 1.54) is 22.0 Å². The molecule has 0 fully saturated rings. The molecule has 130 valence electrons. The third-order valence-corrected chi connectivity index (χ3v) is 4.60. The summed E-state index contributed by atoms with van der Waals surface area (Å²) in [6.45, 7) is 2.74. The van der Waals surface area contributed by atoms with Gasteiger partial charge >= 0.3 is 0 Å². The van der Waals surface area contributed by atoms with Crippen LogP contribution in [0.25, 0.3) is 10.9 Å². The number of hydrogen-bond donors (Lipinski definition) is 3. The Morgan fingerprint density at radius 1 is 1.12 bits per heavy atom. The first-order valence-corrected chi connectivity index (χ1v) is 8.84. The number of benzene rings is 2. The summed E-state index contributed by atoms with van der Waals surface area (Å²) in [7, 11) is 0. The predicted molar refractivity (Wildman–Crippen MR) is 103 cm³/mol. The van der Waals surface area contributed by atoms with Crippen LogP contribution in [0.1, 0.15) is 23.6 Å². The van der Waals surface area contributed by atoms with Crippen LogP contribution < -0.4 is 11.1 Å². The summed E-state index contributed by atoms with van der Waals surface area (Å²) < 4.78 is 0. The van der Waals surface area contributed by atoms with Crippen LogP contribution in [0.4, 0.5) is 0 Å². The van der Waals surface area contributed by atoms with E-state index in [0.717, 1.165) is 18.4 Å². The van der Waals surface area contributed by atoms with Crippen LogP contribution in [-0.4, -0.2) is 23.5 Å². The van der Waals surface area contributed by atoms with Gasteiger partial charge in [-0.05, 0) is 36.0 Å². The average Bonchev–Trinajstić information content (AvgIpc) is 3.05. The minimum absolute atomic E-state index is 0.0991. The van der Waals surface area contributed by atoms with Crippen molar-refractivity contribution in [1.82, 2.24) is 10.3 Å². The van der Waals surface area contributed by atoms with Crippen molar-refractivity contribution in [3.8, 4) is 0 Å². The molecule has 4 heteroatoms. The molecule has 2 aromatic carbocycles. The SMILES string of the molecule is CCc1cccc2c(CCNC(=O)[C@@H](N)Cc3ccccc3)c[nH]c12. The van der Waals surface area contributed by atoms with Gasteiger partial charge in [-0.25, -0.2) is 0 Å². The van der Waals surface area contributed by atoms with E-state index in [0.29, 0.717) is 13.0 Å². The maximum absolute atomic E-state index is 12.2. The van der Waals surface area contributed by atoms with Crippen LogP contribution in [0.15, 0.2) is 54.7 Å². The molecular formula is C21H25N3O. The molecule has 4 nitrogen and oxygen atoms in total. The van der Waals surface area contributed by atoms with Gasteiger partial charge in [-0.15, -0.1) is 0 Å². The highest BCUT2D eigenvalue weighted by atomic mass is 16.2. The topological polar surface area (TPSA) is 70.9 Å². The molecule has 0 spiro atoms. The molecule has 0 saturated carbocycles. The Morgan fingerprint density at radius 3 is 2.68 bits per heavy atom. The van der Waals surface area contributed by atoms with Gasteiger partial charge in [-0.2, -0.15) is 0 Å². The summed E-state index contributed by atoms with van der Waals surface area (Å²) in [6.07, 6.45) is 4.39. The van der Waals surface area contributed by atoms with Gasteiger partial charge in [0.1, 0.15) is 0 Å². The maximum Gasteiger partial charge on any atom is 0.237 e. The van der Waals surface area contributed by atoms with Crippen LogP contribution in [-0.2, 0) is 24.1 Å². The fraction of sp³-hybridized carbons (Fsp3) is 0.286. The molecule has 25 heavy (non-hydrogen) atoms. The average molecular weight is 335 g/mol. The van der Waals surface area contributed by atoms with E-state index in [9.17, 15) is 4.79 Å². The van der Waals surface area contributed by atoms with Crippen LogP contribution in [0.5, 0.6) is 0 Å². The van der Waals surface area contributed by atoms with Gasteiger partial charge in [0.2, 0.25) is 5.91 Å². The van der Waals surface area contributed by atoms with E-state index in [-0.39, 0.29) is 5.91 Å². The lowest BCUT2D eigenvalue weighted by Crippen LogP contribution is -2.42. The number of hydrogen-bond acceptors (Lipinski definition) is 2. The first-order chi connectivity index (χ1) is 12.2. The molecule has 4 N–H and O–H groups in total. The summed E-state index contributed by atoms with van der Waals surface area (Å²) in [5.74, 6) is -0.0991. The van der Waals surface area contributed by atoms with E-state index < -0.39 is 6.04 Å². The van der Waals surface area contributed by atoms with E-state index in [1.54, 1.807) is 0 Å². The van der Waals surface area contributed by atoms with Crippen molar-refractivity contribution in [3.63, 3.8) is 0 Å². The number of fused-ring (bicyclic) bond motifs is 1. The highest BCUT2D eigenvalue weighted by molar-refractivity contribution is 5.86. The Hall–Kier alpha value is -2.59. The maximum atomic E-state index is 12.2. The minimum Gasteiger partial charge on any atom is -0.361 e. The molecule has 0 aliphatic heterocycles. The van der Waals surface area contributed by atoms with Crippen LogP contribution in [0.3, 0.4) is 0 Å². The van der Waals surface area contributed by atoms with Crippen molar-refractivity contribution >= 4 is 16.8 Å². The van der Waals surface area contributed by atoms with Gasteiger partial charge in [-0.1, -0.05) is 55.5 Å². The molecule has 3 aromatic rings. The number of aromatic nitrogens is 1. The second-order valence-electron chi connectivity index (χ2n) is 6.34. The van der Waals surface area contributed by atoms with E-state index in [4.69, 9.17) is 5.73 Å². The highest BCUT2D eigenvalue weighted by Gasteiger charge is 2.14. The highest BCUT2D eigenvalue weighted by Crippen LogP contribution is 2.22. The Bertz CT molecular complexity index is 839. The van der Waals surface area contributed by atoms with Gasteiger partial charge in [0.05, 0.1) is 6.04 Å². The van der Waals surface area contributed by atoms with Crippen molar-refractivity contribution in [2.75, 3.05) is 6.54 Å². The third-order valence-electron chi connectivity index (χ3n) is 4.60. The molecule has 0 aliphatic rings. The summed E-state index contributed by atoms with van der Waals surface area (Å²) in [5, 5.41) is 4.19. The third kappa shape index (κ3) is 4.09. The number of amides is 1. The van der Waals surface area contributed by atoms with Crippen molar-refractivity contribution < 1.29 is 4.79 Å². The van der Waals surface area contributed by atoms with Gasteiger partial charge in [0, 0.05) is 23.6 Å². The summed E-state index contributed by atoms with van der Waals surface area (Å²) in [5.41, 5.74) is 10.8. The Morgan fingerprint density at radius 2 is 1.92 bits per heavy atom. The molecule has 1 heterocycles. The second-order valence-corrected chi connectivity index (χ2v) is 6.34. The number of para-hydroxylation sites is 1. The lowest BCUT2D eigenvalue weighted by molar-refractivity contribution is -0.122. The lowest BCUT2D eigenvalue weighted by Gasteiger charge is -2.12. The Labute approximate surface area is 148 Å². The summed E-state index contributed by atoms with van der Waals surface area (Å²) >= 11 is 0. The number of nitrogens with two attached hydrogens (primary N) is 1. The van der Waals surface area contributed by atoms with Crippen LogP contribution in [0, 0.1) is 0 Å². The normalized spacial score (nSPS) is 12.2. The summed E-state index contributed by atoms with van der Waals surface area (Å²) in [4.78, 5) is 15.6. The molecule has 0 radical (unpaired) electrons. The van der Waals surface area contributed by atoms with Crippen LogP contribution in [0.2, 0.25) is 0 Å². The van der Waals surface area contributed by atoms with E-state index >= 15 is 0 Å². The van der Waals surface area contributed by atoms with E-state index in [1.807, 2.05) is 36.5 Å². The van der Waals surface area contributed by atoms with Gasteiger partial charge in [0.25, 0.3) is 0 Å². The number of carbonyl (C=O) groups excluding carboxylic acids is 1. The first kappa shape index (κ1) is 17.2. The standard InChI is InChI=1S/C21H25N3O/c1-2-16-9-6-10-18-17(14-24-20(16)18)11-12-23-21(25)19(22)13-15-7-4-3-5-8-15/h3-10,14,19,24H,2,11-13,22H2,1H3,(H,23,25)/t19-/m0/s1. The Balaban J connectivity index is 1.55. The van der Waals surface area contributed by atoms with Crippen molar-refractivity contribution in [2.45, 2.75) is 32.2 Å². The fourth-order valence-electron chi connectivity index (χ4n) is 3.19. The number of aryl methyl sites for hydroxylation is 1. The number of rotatable bonds is 7. The second kappa shape index (κ2) is 7.99. The molecule has 0 aliphatic carbocycles. The molecule has 1 aromatic heterocycles. The van der Waals surface area contributed by atoms with Gasteiger partial charge in [-0.3, -0.25) is 4.79 Å². The van der Waals surface area contributed by atoms with Crippen LogP contribution >= 0.6 is 0 Å². The van der Waals surface area contributed by atoms with Crippen molar-refractivity contribution in [3.05, 3.63) is 71.4 Å². The van der Waals surface area contributed by atoms with Crippen molar-refractivity contribution in [1.29, 1.82) is 0 Å². The first-order valence-electron chi connectivity index (χ1n) is 8.84. The Kier molecular flexibility index (Phi) is 5.51. The number of nitrogens with one attached hydrogen (secondary N) is 2. The molecule has 3 rings (SSSR count). The molecule has 1 amide bonds.